The highest BCUT2D eigenvalue weighted by Gasteiger charge is 2.37. The van der Waals surface area contributed by atoms with Gasteiger partial charge in [-0.2, -0.15) is 4.31 Å². The van der Waals surface area contributed by atoms with Gasteiger partial charge in [0.05, 0.1) is 11.8 Å². The Morgan fingerprint density at radius 3 is 2.68 bits per heavy atom. The Morgan fingerprint density at radius 2 is 2.00 bits per heavy atom. The number of rotatable bonds is 4. The molecule has 1 saturated carbocycles. The SMILES string of the molecule is NCC1c2ccccc2CCN1S(=O)(=O)CC1CC1. The normalized spacial score (nSPS) is 24.2. The summed E-state index contributed by atoms with van der Waals surface area (Å²) in [5.74, 6) is 0.673. The van der Waals surface area contributed by atoms with E-state index in [4.69, 9.17) is 5.73 Å². The maximum Gasteiger partial charge on any atom is 0.214 e. The van der Waals surface area contributed by atoms with E-state index in [1.54, 1.807) is 4.31 Å². The molecule has 0 aromatic heterocycles. The van der Waals surface area contributed by atoms with Crippen molar-refractivity contribution in [2.45, 2.75) is 25.3 Å². The minimum Gasteiger partial charge on any atom is -0.329 e. The van der Waals surface area contributed by atoms with Gasteiger partial charge in [0.1, 0.15) is 0 Å². The molecule has 1 aromatic rings. The molecule has 104 valence electrons. The average Bonchev–Trinajstić information content (AvgIpc) is 3.20. The van der Waals surface area contributed by atoms with Crippen LogP contribution in [0.25, 0.3) is 0 Å². The molecule has 3 rings (SSSR count). The molecule has 19 heavy (non-hydrogen) atoms. The van der Waals surface area contributed by atoms with Crippen molar-refractivity contribution < 1.29 is 8.42 Å². The molecule has 1 heterocycles. The molecule has 2 N–H and O–H groups in total. The molecule has 1 fully saturated rings. The maximum atomic E-state index is 12.5. The molecule has 1 unspecified atom stereocenters. The van der Waals surface area contributed by atoms with Gasteiger partial charge in [-0.05, 0) is 36.3 Å². The number of fused-ring (bicyclic) bond motifs is 1. The third kappa shape index (κ3) is 2.55. The van der Waals surface area contributed by atoms with Gasteiger partial charge < -0.3 is 5.73 Å². The topological polar surface area (TPSA) is 63.4 Å². The Balaban J connectivity index is 1.91. The van der Waals surface area contributed by atoms with Crippen molar-refractivity contribution in [2.24, 2.45) is 11.7 Å². The fraction of sp³-hybridized carbons (Fsp3) is 0.571. The van der Waals surface area contributed by atoms with E-state index in [0.717, 1.165) is 24.8 Å². The van der Waals surface area contributed by atoms with Gasteiger partial charge in [-0.1, -0.05) is 24.3 Å². The number of sulfonamides is 1. The van der Waals surface area contributed by atoms with E-state index in [0.29, 0.717) is 24.8 Å². The van der Waals surface area contributed by atoms with Crippen molar-refractivity contribution in [1.82, 2.24) is 4.31 Å². The quantitative estimate of drug-likeness (QED) is 0.904. The zero-order valence-corrected chi connectivity index (χ0v) is 11.8. The first-order valence-corrected chi connectivity index (χ1v) is 8.50. The molecule has 4 nitrogen and oxygen atoms in total. The summed E-state index contributed by atoms with van der Waals surface area (Å²) in [5.41, 5.74) is 8.16. The third-order valence-corrected chi connectivity index (χ3v) is 6.13. The van der Waals surface area contributed by atoms with Crippen LogP contribution in [0.2, 0.25) is 0 Å². The minimum absolute atomic E-state index is 0.186. The van der Waals surface area contributed by atoms with E-state index in [1.165, 1.54) is 5.56 Å². The standard InChI is InChI=1S/C14H20N2O2S/c15-9-14-13-4-2-1-3-12(13)7-8-16(14)19(17,18)10-11-5-6-11/h1-4,11,14H,5-10,15H2. The first-order chi connectivity index (χ1) is 9.12. The number of hydrogen-bond acceptors (Lipinski definition) is 3. The number of benzene rings is 1. The summed E-state index contributed by atoms with van der Waals surface area (Å²) in [5, 5.41) is 0. The predicted molar refractivity (Wildman–Crippen MR) is 75.2 cm³/mol. The molecule has 0 bridgehead atoms. The van der Waals surface area contributed by atoms with Crippen LogP contribution in [0.4, 0.5) is 0 Å². The average molecular weight is 280 g/mol. The Morgan fingerprint density at radius 1 is 1.26 bits per heavy atom. The van der Waals surface area contributed by atoms with Gasteiger partial charge in [0.15, 0.2) is 0 Å². The Hall–Kier alpha value is -0.910. The monoisotopic (exact) mass is 280 g/mol. The molecular formula is C14H20N2O2S. The molecule has 0 saturated heterocycles. The summed E-state index contributed by atoms with van der Waals surface area (Å²) >= 11 is 0. The van der Waals surface area contributed by atoms with E-state index in [1.807, 2.05) is 18.2 Å². The molecule has 0 amide bonds. The van der Waals surface area contributed by atoms with Gasteiger partial charge in [0.2, 0.25) is 10.0 Å². The highest BCUT2D eigenvalue weighted by molar-refractivity contribution is 7.89. The smallest absolute Gasteiger partial charge is 0.214 e. The first-order valence-electron chi connectivity index (χ1n) is 6.89. The maximum absolute atomic E-state index is 12.5. The van der Waals surface area contributed by atoms with Crippen molar-refractivity contribution in [3.8, 4) is 0 Å². The fourth-order valence-corrected chi connectivity index (χ4v) is 4.96. The lowest BCUT2D eigenvalue weighted by Gasteiger charge is -2.35. The van der Waals surface area contributed by atoms with Crippen LogP contribution in [0.1, 0.15) is 30.0 Å². The minimum atomic E-state index is -3.17. The van der Waals surface area contributed by atoms with Gasteiger partial charge in [-0.15, -0.1) is 0 Å². The molecule has 1 aliphatic carbocycles. The molecule has 1 atom stereocenters. The zero-order chi connectivity index (χ0) is 13.5. The van der Waals surface area contributed by atoms with Crippen LogP contribution in [-0.2, 0) is 16.4 Å². The largest absolute Gasteiger partial charge is 0.329 e. The van der Waals surface area contributed by atoms with Crippen molar-refractivity contribution in [3.63, 3.8) is 0 Å². The van der Waals surface area contributed by atoms with Gasteiger partial charge in [0.25, 0.3) is 0 Å². The Kier molecular flexibility index (Phi) is 3.37. The lowest BCUT2D eigenvalue weighted by atomic mass is 9.94. The van der Waals surface area contributed by atoms with Crippen LogP contribution in [0.15, 0.2) is 24.3 Å². The lowest BCUT2D eigenvalue weighted by Crippen LogP contribution is -2.44. The molecule has 1 aliphatic heterocycles. The Labute approximate surface area is 114 Å². The van der Waals surface area contributed by atoms with E-state index in [9.17, 15) is 8.42 Å². The van der Waals surface area contributed by atoms with Gasteiger partial charge in [0, 0.05) is 13.1 Å². The summed E-state index contributed by atoms with van der Waals surface area (Å²) in [6.45, 7) is 0.912. The van der Waals surface area contributed by atoms with Crippen LogP contribution >= 0.6 is 0 Å². The second-order valence-electron chi connectivity index (χ2n) is 5.53. The molecule has 0 spiro atoms. The van der Waals surface area contributed by atoms with Gasteiger partial charge in [-0.25, -0.2) is 8.42 Å². The highest BCUT2D eigenvalue weighted by atomic mass is 32.2. The zero-order valence-electron chi connectivity index (χ0n) is 11.0. The second-order valence-corrected chi connectivity index (χ2v) is 7.50. The van der Waals surface area contributed by atoms with Crippen LogP contribution in [0, 0.1) is 5.92 Å². The molecule has 0 radical (unpaired) electrons. The number of nitrogens with two attached hydrogens (primary N) is 1. The van der Waals surface area contributed by atoms with Crippen molar-refractivity contribution in [2.75, 3.05) is 18.8 Å². The molecule has 5 heteroatoms. The number of hydrogen-bond donors (Lipinski definition) is 1. The summed E-state index contributed by atoms with van der Waals surface area (Å²) in [6.07, 6.45) is 2.89. The highest BCUT2D eigenvalue weighted by Crippen LogP contribution is 2.35. The third-order valence-electron chi connectivity index (χ3n) is 4.09. The van der Waals surface area contributed by atoms with E-state index >= 15 is 0 Å². The van der Waals surface area contributed by atoms with Crippen LogP contribution in [-0.4, -0.2) is 31.6 Å². The summed E-state index contributed by atoms with van der Waals surface area (Å²) in [7, 11) is -3.17. The van der Waals surface area contributed by atoms with E-state index < -0.39 is 10.0 Å². The summed E-state index contributed by atoms with van der Waals surface area (Å²) < 4.78 is 26.6. The fourth-order valence-electron chi connectivity index (χ4n) is 2.88. The van der Waals surface area contributed by atoms with Gasteiger partial charge >= 0.3 is 0 Å². The Bertz CT molecular complexity index is 567. The summed E-state index contributed by atoms with van der Waals surface area (Å²) in [4.78, 5) is 0. The molecule has 2 aliphatic rings. The van der Waals surface area contributed by atoms with Crippen LogP contribution < -0.4 is 5.73 Å². The second kappa shape index (κ2) is 4.89. The predicted octanol–water partition coefficient (Wildman–Crippen LogP) is 1.28. The van der Waals surface area contributed by atoms with Gasteiger partial charge in [-0.3, -0.25) is 0 Å². The van der Waals surface area contributed by atoms with Crippen LogP contribution in [0.5, 0.6) is 0 Å². The van der Waals surface area contributed by atoms with Crippen molar-refractivity contribution in [3.05, 3.63) is 35.4 Å². The van der Waals surface area contributed by atoms with Crippen molar-refractivity contribution >= 4 is 10.0 Å². The van der Waals surface area contributed by atoms with Crippen LogP contribution in [0.3, 0.4) is 0 Å². The van der Waals surface area contributed by atoms with E-state index in [2.05, 4.69) is 6.07 Å². The van der Waals surface area contributed by atoms with E-state index in [-0.39, 0.29) is 6.04 Å². The molecular weight excluding hydrogens is 260 g/mol. The molecule has 1 aromatic carbocycles. The summed E-state index contributed by atoms with van der Waals surface area (Å²) in [6, 6.07) is 7.85. The lowest BCUT2D eigenvalue weighted by molar-refractivity contribution is 0.312. The van der Waals surface area contributed by atoms with Crippen molar-refractivity contribution in [1.29, 1.82) is 0 Å². The number of nitrogens with zero attached hydrogens (tertiary/aromatic N) is 1. The first kappa shape index (κ1) is 13.1.